The summed E-state index contributed by atoms with van der Waals surface area (Å²) in [6.07, 6.45) is 3.16. The average Bonchev–Trinajstić information content (AvgIpc) is 3.03. The molecule has 0 N–H and O–H groups in total. The van der Waals surface area contributed by atoms with Crippen LogP contribution in [0.25, 0.3) is 0 Å². The molecule has 0 amide bonds. The number of pyridine rings is 1. The van der Waals surface area contributed by atoms with Crippen molar-refractivity contribution >= 4 is 5.69 Å². The fourth-order valence-electron chi connectivity index (χ4n) is 1.33. The molecule has 1 aromatic heterocycles. The van der Waals surface area contributed by atoms with Gasteiger partial charge in [-0.3, -0.25) is 10.1 Å². The Kier molecular flexibility index (Phi) is 3.12. The van der Waals surface area contributed by atoms with Gasteiger partial charge in [-0.15, -0.1) is 0 Å². The van der Waals surface area contributed by atoms with Gasteiger partial charge in [-0.2, -0.15) is 0 Å². The molecule has 92 valence electrons. The molecule has 0 bridgehead atoms. The van der Waals surface area contributed by atoms with E-state index in [1.165, 1.54) is 12.3 Å². The molecule has 0 saturated heterocycles. The molecule has 6 heteroatoms. The molecule has 0 atom stereocenters. The molecule has 1 aliphatic rings. The van der Waals surface area contributed by atoms with Gasteiger partial charge in [0.15, 0.2) is 0 Å². The summed E-state index contributed by atoms with van der Waals surface area (Å²) < 4.78 is 10.9. The number of nitro groups is 1. The van der Waals surface area contributed by atoms with Crippen LogP contribution < -0.4 is 9.47 Å². The summed E-state index contributed by atoms with van der Waals surface area (Å²) >= 11 is 0. The molecule has 0 aliphatic heterocycles. The zero-order valence-electron chi connectivity index (χ0n) is 9.75. The van der Waals surface area contributed by atoms with Crippen molar-refractivity contribution in [1.29, 1.82) is 0 Å². The molecule has 1 aliphatic carbocycles. The minimum absolute atomic E-state index is 0.0624. The van der Waals surface area contributed by atoms with Crippen LogP contribution in [-0.2, 0) is 0 Å². The van der Waals surface area contributed by atoms with Crippen LogP contribution in [0.5, 0.6) is 11.6 Å². The van der Waals surface area contributed by atoms with E-state index in [0.717, 1.165) is 12.8 Å². The molecule has 17 heavy (non-hydrogen) atoms. The van der Waals surface area contributed by atoms with Gasteiger partial charge in [0, 0.05) is 12.3 Å². The Hall–Kier alpha value is -1.85. The maximum absolute atomic E-state index is 10.9. The second-order valence-corrected chi connectivity index (χ2v) is 4.21. The fraction of sp³-hybridized carbons (Fsp3) is 0.545. The Morgan fingerprint density at radius 3 is 2.76 bits per heavy atom. The second kappa shape index (κ2) is 4.57. The van der Waals surface area contributed by atoms with E-state index in [1.807, 2.05) is 13.8 Å². The largest absolute Gasteiger partial charge is 0.480 e. The number of hydrogen-bond acceptors (Lipinski definition) is 5. The first-order valence-corrected chi connectivity index (χ1v) is 5.54. The summed E-state index contributed by atoms with van der Waals surface area (Å²) in [5.74, 6) is 0.342. The minimum Gasteiger partial charge on any atom is -0.480 e. The Balaban J connectivity index is 2.34. The normalized spacial score (nSPS) is 14.8. The lowest BCUT2D eigenvalue weighted by molar-refractivity contribution is -0.386. The van der Waals surface area contributed by atoms with E-state index >= 15 is 0 Å². The Bertz CT molecular complexity index is 429. The van der Waals surface area contributed by atoms with Crippen molar-refractivity contribution in [3.63, 3.8) is 0 Å². The van der Waals surface area contributed by atoms with E-state index in [9.17, 15) is 10.1 Å². The minimum atomic E-state index is -0.480. The van der Waals surface area contributed by atoms with Crippen LogP contribution >= 0.6 is 0 Å². The van der Waals surface area contributed by atoms with Crippen molar-refractivity contribution in [2.24, 2.45) is 0 Å². The van der Waals surface area contributed by atoms with E-state index in [2.05, 4.69) is 4.98 Å². The summed E-state index contributed by atoms with van der Waals surface area (Å²) in [4.78, 5) is 14.4. The summed E-state index contributed by atoms with van der Waals surface area (Å²) in [6, 6.07) is 1.32. The van der Waals surface area contributed by atoms with Crippen molar-refractivity contribution in [2.45, 2.75) is 38.9 Å². The molecule has 0 spiro atoms. The van der Waals surface area contributed by atoms with Gasteiger partial charge in [-0.05, 0) is 26.7 Å². The lowest BCUT2D eigenvalue weighted by Gasteiger charge is -2.13. The van der Waals surface area contributed by atoms with Gasteiger partial charge >= 0.3 is 5.69 Å². The smallest absolute Gasteiger partial charge is 0.318 e. The van der Waals surface area contributed by atoms with Gasteiger partial charge < -0.3 is 9.47 Å². The molecule has 0 radical (unpaired) electrons. The number of nitrogens with zero attached hydrogens (tertiary/aromatic N) is 2. The van der Waals surface area contributed by atoms with Gasteiger partial charge in [-0.1, -0.05) is 0 Å². The zero-order chi connectivity index (χ0) is 12.4. The lowest BCUT2D eigenvalue weighted by atomic mass is 10.3. The predicted octanol–water partition coefficient (Wildman–Crippen LogP) is 2.32. The van der Waals surface area contributed by atoms with Crippen molar-refractivity contribution in [3.05, 3.63) is 22.4 Å². The van der Waals surface area contributed by atoms with E-state index in [1.54, 1.807) is 0 Å². The first kappa shape index (κ1) is 11.6. The summed E-state index contributed by atoms with van der Waals surface area (Å²) in [6.45, 7) is 3.67. The molecule has 1 saturated carbocycles. The van der Waals surface area contributed by atoms with Crippen LogP contribution in [0, 0.1) is 10.1 Å². The highest BCUT2D eigenvalue weighted by Gasteiger charge is 2.30. The number of rotatable bonds is 5. The standard InChI is InChI=1S/C11H14N2O4/c1-7(2)16-11-10(17-8-3-4-8)9(13(14)15)5-6-12-11/h5-8H,3-4H2,1-2H3. The summed E-state index contributed by atoms with van der Waals surface area (Å²) in [5.41, 5.74) is -0.0949. The molecule has 6 nitrogen and oxygen atoms in total. The summed E-state index contributed by atoms with van der Waals surface area (Å²) in [5, 5.41) is 10.9. The summed E-state index contributed by atoms with van der Waals surface area (Å²) in [7, 11) is 0. The van der Waals surface area contributed by atoms with Crippen molar-refractivity contribution in [2.75, 3.05) is 0 Å². The zero-order valence-corrected chi connectivity index (χ0v) is 9.75. The topological polar surface area (TPSA) is 74.5 Å². The van der Waals surface area contributed by atoms with Gasteiger partial charge in [-0.25, -0.2) is 4.98 Å². The van der Waals surface area contributed by atoms with Gasteiger partial charge in [0.05, 0.1) is 17.1 Å². The van der Waals surface area contributed by atoms with Crippen LogP contribution in [0.3, 0.4) is 0 Å². The highest BCUT2D eigenvalue weighted by atomic mass is 16.6. The predicted molar refractivity (Wildman–Crippen MR) is 60.3 cm³/mol. The third kappa shape index (κ3) is 2.83. The molecule has 1 aromatic rings. The maximum Gasteiger partial charge on any atom is 0.318 e. The van der Waals surface area contributed by atoms with Crippen LogP contribution in [0.2, 0.25) is 0 Å². The molecular weight excluding hydrogens is 224 g/mol. The van der Waals surface area contributed by atoms with E-state index in [0.29, 0.717) is 0 Å². The van der Waals surface area contributed by atoms with E-state index in [-0.39, 0.29) is 29.5 Å². The maximum atomic E-state index is 10.9. The first-order valence-electron chi connectivity index (χ1n) is 5.54. The number of ether oxygens (including phenoxy) is 2. The van der Waals surface area contributed by atoms with Crippen molar-refractivity contribution < 1.29 is 14.4 Å². The molecular formula is C11H14N2O4. The van der Waals surface area contributed by atoms with Crippen molar-refractivity contribution in [3.8, 4) is 11.6 Å². The van der Waals surface area contributed by atoms with E-state index < -0.39 is 4.92 Å². The lowest BCUT2D eigenvalue weighted by Crippen LogP contribution is -2.10. The molecule has 0 aromatic carbocycles. The molecule has 0 unspecified atom stereocenters. The second-order valence-electron chi connectivity index (χ2n) is 4.21. The third-order valence-electron chi connectivity index (χ3n) is 2.20. The molecule has 2 rings (SSSR count). The van der Waals surface area contributed by atoms with Crippen LogP contribution in [0.4, 0.5) is 5.69 Å². The number of hydrogen-bond donors (Lipinski definition) is 0. The third-order valence-corrected chi connectivity index (χ3v) is 2.20. The SMILES string of the molecule is CC(C)Oc1nccc([N+](=O)[O-])c1OC1CC1. The van der Waals surface area contributed by atoms with Gasteiger partial charge in [0.2, 0.25) is 0 Å². The van der Waals surface area contributed by atoms with Crippen molar-refractivity contribution in [1.82, 2.24) is 4.98 Å². The molecule has 1 fully saturated rings. The highest BCUT2D eigenvalue weighted by Crippen LogP contribution is 2.39. The highest BCUT2D eigenvalue weighted by molar-refractivity contribution is 5.52. The monoisotopic (exact) mass is 238 g/mol. The molecule has 1 heterocycles. The number of aromatic nitrogens is 1. The van der Waals surface area contributed by atoms with Crippen LogP contribution in [0.1, 0.15) is 26.7 Å². The first-order chi connectivity index (χ1) is 8.08. The fourth-order valence-corrected chi connectivity index (χ4v) is 1.33. The van der Waals surface area contributed by atoms with Crippen LogP contribution in [0.15, 0.2) is 12.3 Å². The Morgan fingerprint density at radius 1 is 1.53 bits per heavy atom. The quantitative estimate of drug-likeness (QED) is 0.581. The van der Waals surface area contributed by atoms with E-state index in [4.69, 9.17) is 9.47 Å². The van der Waals surface area contributed by atoms with Gasteiger partial charge in [0.1, 0.15) is 0 Å². The van der Waals surface area contributed by atoms with Crippen LogP contribution in [-0.4, -0.2) is 22.1 Å². The van der Waals surface area contributed by atoms with Gasteiger partial charge in [0.25, 0.3) is 11.6 Å². The Labute approximate surface area is 98.7 Å². The Morgan fingerprint density at radius 2 is 2.24 bits per heavy atom. The average molecular weight is 238 g/mol.